The van der Waals surface area contributed by atoms with Crippen LogP contribution in [0.4, 0.5) is 0 Å². The number of para-hydroxylation sites is 1. The third-order valence-corrected chi connectivity index (χ3v) is 3.91. The number of nitrogens with zero attached hydrogens (tertiary/aromatic N) is 1. The second kappa shape index (κ2) is 7.06. The van der Waals surface area contributed by atoms with E-state index in [1.165, 1.54) is 6.07 Å². The minimum absolute atomic E-state index is 0.0301. The van der Waals surface area contributed by atoms with Crippen LogP contribution in [0, 0.1) is 0 Å². The Labute approximate surface area is 126 Å². The Hall–Kier alpha value is -1.11. The van der Waals surface area contributed by atoms with Crippen LogP contribution in [0.5, 0.6) is 5.75 Å². The summed E-state index contributed by atoms with van der Waals surface area (Å²) < 4.78 is 12.0. The number of carbonyl (C=O) groups is 1. The Morgan fingerprint density at radius 2 is 2.40 bits per heavy atom. The molecule has 1 heterocycles. The summed E-state index contributed by atoms with van der Waals surface area (Å²) >= 11 is 3.33. The smallest absolute Gasteiger partial charge is 0.339 e. The Kier molecular flexibility index (Phi) is 5.39. The standard InChI is InChI=1S/C14H18BrNO4/c1-2-16-6-7-19-10(8-16)9-20-13-11(14(17)18)4-3-5-12(13)15/h3-5,10H,2,6-9H2,1H3,(H,17,18). The normalized spacial score (nSPS) is 19.8. The molecule has 0 radical (unpaired) electrons. The topological polar surface area (TPSA) is 59.0 Å². The summed E-state index contributed by atoms with van der Waals surface area (Å²) in [5.41, 5.74) is 0.155. The van der Waals surface area contributed by atoms with Gasteiger partial charge in [-0.2, -0.15) is 0 Å². The Balaban J connectivity index is 2.02. The second-order valence-electron chi connectivity index (χ2n) is 4.62. The number of hydrogen-bond donors (Lipinski definition) is 1. The molecule has 0 amide bonds. The Morgan fingerprint density at radius 1 is 1.60 bits per heavy atom. The summed E-state index contributed by atoms with van der Waals surface area (Å²) in [6, 6.07) is 4.97. The van der Waals surface area contributed by atoms with Crippen LogP contribution in [-0.4, -0.2) is 54.9 Å². The van der Waals surface area contributed by atoms with E-state index in [1.54, 1.807) is 12.1 Å². The van der Waals surface area contributed by atoms with Crippen LogP contribution in [0.1, 0.15) is 17.3 Å². The van der Waals surface area contributed by atoms with Gasteiger partial charge in [0.15, 0.2) is 0 Å². The first kappa shape index (κ1) is 15.3. The number of aromatic carboxylic acids is 1. The molecule has 1 fully saturated rings. The molecule has 1 aliphatic rings. The van der Waals surface area contributed by atoms with Gasteiger partial charge in [-0.3, -0.25) is 4.90 Å². The maximum atomic E-state index is 11.2. The van der Waals surface area contributed by atoms with Crippen molar-refractivity contribution in [2.24, 2.45) is 0 Å². The molecule has 1 aliphatic heterocycles. The Morgan fingerprint density at radius 3 is 3.10 bits per heavy atom. The van der Waals surface area contributed by atoms with Crippen LogP contribution in [0.15, 0.2) is 22.7 Å². The van der Waals surface area contributed by atoms with Gasteiger partial charge in [-0.05, 0) is 34.6 Å². The average molecular weight is 344 g/mol. The van der Waals surface area contributed by atoms with Crippen LogP contribution in [0.25, 0.3) is 0 Å². The van der Waals surface area contributed by atoms with Crippen molar-refractivity contribution in [1.82, 2.24) is 4.90 Å². The van der Waals surface area contributed by atoms with Crippen LogP contribution < -0.4 is 4.74 Å². The largest absolute Gasteiger partial charge is 0.489 e. The fourth-order valence-corrected chi connectivity index (χ4v) is 2.65. The van der Waals surface area contributed by atoms with Gasteiger partial charge >= 0.3 is 5.97 Å². The minimum atomic E-state index is -0.999. The summed E-state index contributed by atoms with van der Waals surface area (Å²) in [7, 11) is 0. The number of hydrogen-bond acceptors (Lipinski definition) is 4. The van der Waals surface area contributed by atoms with Crippen LogP contribution in [-0.2, 0) is 4.74 Å². The van der Waals surface area contributed by atoms with Gasteiger partial charge in [0, 0.05) is 13.1 Å². The quantitative estimate of drug-likeness (QED) is 0.888. The van der Waals surface area contributed by atoms with Crippen molar-refractivity contribution < 1.29 is 19.4 Å². The molecule has 0 saturated carbocycles. The molecule has 1 N–H and O–H groups in total. The molecule has 110 valence electrons. The fourth-order valence-electron chi connectivity index (χ4n) is 2.17. The van der Waals surface area contributed by atoms with Crippen molar-refractivity contribution in [3.05, 3.63) is 28.2 Å². The number of rotatable bonds is 5. The van der Waals surface area contributed by atoms with Crippen molar-refractivity contribution in [2.45, 2.75) is 13.0 Å². The second-order valence-corrected chi connectivity index (χ2v) is 5.47. The van der Waals surface area contributed by atoms with E-state index < -0.39 is 5.97 Å². The molecule has 1 atom stereocenters. The van der Waals surface area contributed by atoms with Crippen molar-refractivity contribution in [2.75, 3.05) is 32.8 Å². The first-order valence-corrected chi connectivity index (χ1v) is 7.39. The molecular formula is C14H18BrNO4. The van der Waals surface area contributed by atoms with Gasteiger partial charge in [-0.1, -0.05) is 13.0 Å². The molecule has 0 aliphatic carbocycles. The molecule has 6 heteroatoms. The van der Waals surface area contributed by atoms with E-state index in [0.29, 0.717) is 23.4 Å². The highest BCUT2D eigenvalue weighted by atomic mass is 79.9. The molecule has 1 saturated heterocycles. The van der Waals surface area contributed by atoms with E-state index in [4.69, 9.17) is 14.6 Å². The van der Waals surface area contributed by atoms with Gasteiger partial charge in [0.25, 0.3) is 0 Å². The van der Waals surface area contributed by atoms with Crippen LogP contribution >= 0.6 is 15.9 Å². The summed E-state index contributed by atoms with van der Waals surface area (Å²) in [5.74, 6) is -0.640. The first-order valence-electron chi connectivity index (χ1n) is 6.60. The number of halogens is 1. The highest BCUT2D eigenvalue weighted by Crippen LogP contribution is 2.29. The monoisotopic (exact) mass is 343 g/mol. The van der Waals surface area contributed by atoms with E-state index in [0.717, 1.165) is 19.6 Å². The third-order valence-electron chi connectivity index (χ3n) is 3.28. The van der Waals surface area contributed by atoms with E-state index in [-0.39, 0.29) is 11.7 Å². The van der Waals surface area contributed by atoms with Crippen molar-refractivity contribution >= 4 is 21.9 Å². The van der Waals surface area contributed by atoms with E-state index in [9.17, 15) is 4.79 Å². The Bertz CT molecular complexity index is 480. The number of likely N-dealkylation sites (N-methyl/N-ethyl adjacent to an activating group) is 1. The summed E-state index contributed by atoms with van der Waals surface area (Å²) in [6.45, 7) is 5.86. The fraction of sp³-hybridized carbons (Fsp3) is 0.500. The first-order chi connectivity index (χ1) is 9.61. The summed E-state index contributed by atoms with van der Waals surface area (Å²) in [6.07, 6.45) is -0.0301. The van der Waals surface area contributed by atoms with Crippen molar-refractivity contribution in [3.8, 4) is 5.75 Å². The molecule has 20 heavy (non-hydrogen) atoms. The molecule has 1 aromatic carbocycles. The highest BCUT2D eigenvalue weighted by Gasteiger charge is 2.21. The lowest BCUT2D eigenvalue weighted by atomic mass is 10.2. The number of ether oxygens (including phenoxy) is 2. The SMILES string of the molecule is CCN1CCOC(COc2c(Br)cccc2C(=O)O)C1. The van der Waals surface area contributed by atoms with Crippen LogP contribution in [0.3, 0.4) is 0 Å². The van der Waals surface area contributed by atoms with E-state index in [2.05, 4.69) is 27.8 Å². The maximum absolute atomic E-state index is 11.2. The zero-order valence-corrected chi connectivity index (χ0v) is 12.9. The van der Waals surface area contributed by atoms with Gasteiger partial charge < -0.3 is 14.6 Å². The predicted octanol–water partition coefficient (Wildman–Crippen LogP) is 2.25. The molecule has 0 aromatic heterocycles. The van der Waals surface area contributed by atoms with Crippen molar-refractivity contribution in [3.63, 3.8) is 0 Å². The predicted molar refractivity (Wildman–Crippen MR) is 78.5 cm³/mol. The number of carboxylic acids is 1. The molecular weight excluding hydrogens is 326 g/mol. The van der Waals surface area contributed by atoms with Gasteiger partial charge in [0.2, 0.25) is 0 Å². The van der Waals surface area contributed by atoms with Gasteiger partial charge in [-0.15, -0.1) is 0 Å². The molecule has 0 spiro atoms. The maximum Gasteiger partial charge on any atom is 0.339 e. The summed E-state index contributed by atoms with van der Waals surface area (Å²) in [5, 5.41) is 9.17. The van der Waals surface area contributed by atoms with Gasteiger partial charge in [0.05, 0.1) is 11.1 Å². The van der Waals surface area contributed by atoms with E-state index >= 15 is 0 Å². The lowest BCUT2D eigenvalue weighted by Crippen LogP contribution is -2.44. The zero-order valence-electron chi connectivity index (χ0n) is 11.3. The lowest BCUT2D eigenvalue weighted by molar-refractivity contribution is -0.0466. The number of morpholine rings is 1. The highest BCUT2D eigenvalue weighted by molar-refractivity contribution is 9.10. The molecule has 1 unspecified atom stereocenters. The number of benzene rings is 1. The third kappa shape index (κ3) is 3.71. The number of carboxylic acid groups (broad SMARTS) is 1. The lowest BCUT2D eigenvalue weighted by Gasteiger charge is -2.32. The van der Waals surface area contributed by atoms with E-state index in [1.807, 2.05) is 0 Å². The molecule has 2 rings (SSSR count). The molecule has 0 bridgehead atoms. The van der Waals surface area contributed by atoms with Gasteiger partial charge in [0.1, 0.15) is 24.0 Å². The molecule has 1 aromatic rings. The average Bonchev–Trinajstić information content (AvgIpc) is 2.45. The van der Waals surface area contributed by atoms with Crippen molar-refractivity contribution in [1.29, 1.82) is 0 Å². The van der Waals surface area contributed by atoms with Gasteiger partial charge in [-0.25, -0.2) is 4.79 Å². The minimum Gasteiger partial charge on any atom is -0.489 e. The zero-order chi connectivity index (χ0) is 14.5. The molecule has 5 nitrogen and oxygen atoms in total. The van der Waals surface area contributed by atoms with Crippen LogP contribution in [0.2, 0.25) is 0 Å². The summed E-state index contributed by atoms with van der Waals surface area (Å²) in [4.78, 5) is 13.5.